The standard InChI is InChI=1S/C8H10FN/c1-6-2-3-8(9)7(4-6)5-10/h7-8H,1-4H2. The maximum Gasteiger partial charge on any atom is 0.116 e. The molecule has 0 bridgehead atoms. The molecule has 54 valence electrons. The maximum absolute atomic E-state index is 12.8. The van der Waals surface area contributed by atoms with Gasteiger partial charge in [-0.15, -0.1) is 0 Å². The first kappa shape index (κ1) is 7.27. The lowest BCUT2D eigenvalue weighted by Crippen LogP contribution is -2.19. The van der Waals surface area contributed by atoms with Crippen LogP contribution in [0.3, 0.4) is 0 Å². The Morgan fingerprint density at radius 2 is 2.40 bits per heavy atom. The van der Waals surface area contributed by atoms with E-state index in [9.17, 15) is 4.39 Å². The molecule has 1 rings (SSSR count). The molecule has 2 atom stereocenters. The summed E-state index contributed by atoms with van der Waals surface area (Å²) in [6, 6.07) is 1.95. The SMILES string of the molecule is C=C1CCC(F)C(C#N)C1. The Labute approximate surface area is 60.2 Å². The Balaban J connectivity index is 2.56. The smallest absolute Gasteiger partial charge is 0.116 e. The van der Waals surface area contributed by atoms with Crippen molar-refractivity contribution in [2.45, 2.75) is 25.4 Å². The van der Waals surface area contributed by atoms with Gasteiger partial charge in [-0.05, 0) is 19.3 Å². The van der Waals surface area contributed by atoms with E-state index in [1.807, 2.05) is 6.07 Å². The van der Waals surface area contributed by atoms with Crippen LogP contribution in [-0.2, 0) is 0 Å². The summed E-state index contributed by atoms with van der Waals surface area (Å²) in [5.41, 5.74) is 1.01. The fourth-order valence-corrected chi connectivity index (χ4v) is 1.21. The normalized spacial score (nSPS) is 33.4. The summed E-state index contributed by atoms with van der Waals surface area (Å²) in [6.45, 7) is 3.73. The predicted octanol–water partition coefficient (Wildman–Crippen LogP) is 2.20. The topological polar surface area (TPSA) is 23.8 Å². The molecule has 0 radical (unpaired) electrons. The van der Waals surface area contributed by atoms with Gasteiger partial charge in [-0.25, -0.2) is 4.39 Å². The molecule has 0 aromatic heterocycles. The summed E-state index contributed by atoms with van der Waals surface area (Å²) in [6.07, 6.45) is 0.865. The van der Waals surface area contributed by atoms with Crippen molar-refractivity contribution < 1.29 is 4.39 Å². The molecule has 2 heteroatoms. The Hall–Kier alpha value is -0.840. The molecule has 0 spiro atoms. The number of alkyl halides is 1. The third kappa shape index (κ3) is 1.36. The van der Waals surface area contributed by atoms with E-state index in [4.69, 9.17) is 5.26 Å². The molecule has 0 N–H and O–H groups in total. The first-order valence-electron chi connectivity index (χ1n) is 3.44. The summed E-state index contributed by atoms with van der Waals surface area (Å²) >= 11 is 0. The van der Waals surface area contributed by atoms with Crippen molar-refractivity contribution >= 4 is 0 Å². The van der Waals surface area contributed by atoms with E-state index in [1.54, 1.807) is 0 Å². The third-order valence-electron chi connectivity index (χ3n) is 1.88. The number of rotatable bonds is 0. The Bertz CT molecular complexity index is 180. The van der Waals surface area contributed by atoms with Crippen LogP contribution in [0.15, 0.2) is 12.2 Å². The van der Waals surface area contributed by atoms with Crippen molar-refractivity contribution in [3.8, 4) is 6.07 Å². The van der Waals surface area contributed by atoms with Gasteiger partial charge in [0.25, 0.3) is 0 Å². The zero-order valence-corrected chi connectivity index (χ0v) is 5.81. The van der Waals surface area contributed by atoms with E-state index in [2.05, 4.69) is 6.58 Å². The number of allylic oxidation sites excluding steroid dienone is 1. The highest BCUT2D eigenvalue weighted by molar-refractivity contribution is 5.07. The molecule has 10 heavy (non-hydrogen) atoms. The highest BCUT2D eigenvalue weighted by Crippen LogP contribution is 2.29. The molecule has 1 saturated carbocycles. The third-order valence-corrected chi connectivity index (χ3v) is 1.88. The summed E-state index contributed by atoms with van der Waals surface area (Å²) in [4.78, 5) is 0. The molecule has 0 aromatic rings. The van der Waals surface area contributed by atoms with Crippen LogP contribution < -0.4 is 0 Å². The summed E-state index contributed by atoms with van der Waals surface area (Å²) in [7, 11) is 0. The van der Waals surface area contributed by atoms with Gasteiger partial charge in [-0.3, -0.25) is 0 Å². The fourth-order valence-electron chi connectivity index (χ4n) is 1.21. The van der Waals surface area contributed by atoms with Crippen LogP contribution in [0.1, 0.15) is 19.3 Å². The van der Waals surface area contributed by atoms with Crippen LogP contribution in [-0.4, -0.2) is 6.17 Å². The van der Waals surface area contributed by atoms with Gasteiger partial charge in [0.1, 0.15) is 6.17 Å². The predicted molar refractivity (Wildman–Crippen MR) is 37.0 cm³/mol. The molecule has 1 aliphatic carbocycles. The average Bonchev–Trinajstić information content (AvgIpc) is 1.94. The fraction of sp³-hybridized carbons (Fsp3) is 0.625. The van der Waals surface area contributed by atoms with Crippen molar-refractivity contribution in [2.75, 3.05) is 0 Å². The maximum atomic E-state index is 12.8. The number of hydrogen-bond donors (Lipinski definition) is 0. The first-order chi connectivity index (χ1) is 4.74. The molecule has 2 unspecified atom stereocenters. The zero-order valence-electron chi connectivity index (χ0n) is 5.81. The summed E-state index contributed by atoms with van der Waals surface area (Å²) in [5.74, 6) is -0.429. The summed E-state index contributed by atoms with van der Waals surface area (Å²) < 4.78 is 12.8. The molecule has 0 heterocycles. The van der Waals surface area contributed by atoms with Crippen LogP contribution in [0.2, 0.25) is 0 Å². The second-order valence-corrected chi connectivity index (χ2v) is 2.74. The van der Waals surface area contributed by atoms with Gasteiger partial charge in [0.2, 0.25) is 0 Å². The molecular formula is C8H10FN. The van der Waals surface area contributed by atoms with Crippen LogP contribution in [0.25, 0.3) is 0 Å². The van der Waals surface area contributed by atoms with Gasteiger partial charge >= 0.3 is 0 Å². The number of hydrogen-bond acceptors (Lipinski definition) is 1. The second-order valence-electron chi connectivity index (χ2n) is 2.74. The molecule has 1 nitrogen and oxygen atoms in total. The lowest BCUT2D eigenvalue weighted by Gasteiger charge is -2.21. The van der Waals surface area contributed by atoms with Crippen molar-refractivity contribution in [2.24, 2.45) is 5.92 Å². The lowest BCUT2D eigenvalue weighted by atomic mass is 9.86. The Kier molecular flexibility index (Phi) is 2.06. The lowest BCUT2D eigenvalue weighted by molar-refractivity contribution is 0.229. The highest BCUT2D eigenvalue weighted by Gasteiger charge is 2.25. The van der Waals surface area contributed by atoms with Crippen molar-refractivity contribution in [3.63, 3.8) is 0 Å². The van der Waals surface area contributed by atoms with Gasteiger partial charge in [-0.1, -0.05) is 12.2 Å². The van der Waals surface area contributed by atoms with Gasteiger partial charge in [0, 0.05) is 0 Å². The number of nitriles is 1. The van der Waals surface area contributed by atoms with Crippen LogP contribution in [0, 0.1) is 17.2 Å². The minimum absolute atomic E-state index is 0.429. The van der Waals surface area contributed by atoms with E-state index in [-0.39, 0.29) is 0 Å². The second kappa shape index (κ2) is 2.83. The van der Waals surface area contributed by atoms with E-state index in [1.165, 1.54) is 0 Å². The monoisotopic (exact) mass is 139 g/mol. The van der Waals surface area contributed by atoms with Gasteiger partial charge in [-0.2, -0.15) is 5.26 Å². The van der Waals surface area contributed by atoms with Gasteiger partial charge < -0.3 is 0 Å². The van der Waals surface area contributed by atoms with Crippen molar-refractivity contribution in [3.05, 3.63) is 12.2 Å². The minimum Gasteiger partial charge on any atom is -0.246 e. The number of nitrogens with zero attached hydrogens (tertiary/aromatic N) is 1. The van der Waals surface area contributed by atoms with Crippen LogP contribution in [0.4, 0.5) is 4.39 Å². The quantitative estimate of drug-likeness (QED) is 0.472. The summed E-state index contributed by atoms with van der Waals surface area (Å²) in [5, 5.41) is 8.45. The molecule has 1 fully saturated rings. The van der Waals surface area contributed by atoms with Crippen molar-refractivity contribution in [1.29, 1.82) is 5.26 Å². The molecule has 0 saturated heterocycles. The Morgan fingerprint density at radius 3 is 2.90 bits per heavy atom. The Morgan fingerprint density at radius 1 is 1.70 bits per heavy atom. The average molecular weight is 139 g/mol. The first-order valence-corrected chi connectivity index (χ1v) is 3.44. The molecule has 1 aliphatic rings. The highest BCUT2D eigenvalue weighted by atomic mass is 19.1. The van der Waals surface area contributed by atoms with E-state index in [0.717, 1.165) is 12.0 Å². The van der Waals surface area contributed by atoms with E-state index < -0.39 is 12.1 Å². The van der Waals surface area contributed by atoms with Crippen LogP contribution in [0.5, 0.6) is 0 Å². The van der Waals surface area contributed by atoms with E-state index in [0.29, 0.717) is 12.8 Å². The zero-order chi connectivity index (χ0) is 7.56. The van der Waals surface area contributed by atoms with Gasteiger partial charge in [0.15, 0.2) is 0 Å². The molecule has 0 aliphatic heterocycles. The van der Waals surface area contributed by atoms with Crippen LogP contribution >= 0.6 is 0 Å². The van der Waals surface area contributed by atoms with Crippen molar-refractivity contribution in [1.82, 2.24) is 0 Å². The molecular weight excluding hydrogens is 129 g/mol. The number of halogens is 1. The molecule has 0 amide bonds. The van der Waals surface area contributed by atoms with Gasteiger partial charge in [0.05, 0.1) is 12.0 Å². The minimum atomic E-state index is -0.921. The molecule has 0 aromatic carbocycles. The largest absolute Gasteiger partial charge is 0.246 e. The van der Waals surface area contributed by atoms with E-state index >= 15 is 0 Å².